The van der Waals surface area contributed by atoms with Crippen LogP contribution in [-0.4, -0.2) is 49.0 Å². The summed E-state index contributed by atoms with van der Waals surface area (Å²) in [5.74, 6) is -0.176. The van der Waals surface area contributed by atoms with Gasteiger partial charge in [0, 0.05) is 13.1 Å². The van der Waals surface area contributed by atoms with Gasteiger partial charge in [0.2, 0.25) is 15.9 Å². The van der Waals surface area contributed by atoms with Gasteiger partial charge in [-0.05, 0) is 43.5 Å². The Morgan fingerprint density at radius 2 is 2.00 bits per heavy atom. The Bertz CT molecular complexity index is 1150. The number of esters is 1. The zero-order valence-corrected chi connectivity index (χ0v) is 18.7. The summed E-state index contributed by atoms with van der Waals surface area (Å²) in [5, 5.41) is 1.92. The van der Waals surface area contributed by atoms with Crippen molar-refractivity contribution in [2.24, 2.45) is 0 Å². The van der Waals surface area contributed by atoms with Crippen LogP contribution >= 0.6 is 11.3 Å². The van der Waals surface area contributed by atoms with Crippen LogP contribution in [0.3, 0.4) is 0 Å². The number of hydrogen-bond acceptors (Lipinski definition) is 8. The Balaban J connectivity index is 1.44. The van der Waals surface area contributed by atoms with Crippen LogP contribution in [0.4, 0.5) is 0 Å². The Labute approximate surface area is 184 Å². The SMILES string of the molecule is C[C@@H]1CN(S(=O)(=O)c2cccc(C(=O)OCc3coc(-c4cccs4)n3)c2)C[C@@H](C)O1. The van der Waals surface area contributed by atoms with Gasteiger partial charge in [-0.3, -0.25) is 0 Å². The van der Waals surface area contributed by atoms with Crippen molar-refractivity contribution in [1.29, 1.82) is 0 Å². The molecule has 0 amide bonds. The fraction of sp³-hybridized carbons (Fsp3) is 0.333. The number of benzene rings is 1. The number of carbonyl (C=O) groups is 1. The lowest BCUT2D eigenvalue weighted by Crippen LogP contribution is -2.48. The van der Waals surface area contributed by atoms with Gasteiger partial charge in [0.25, 0.3) is 0 Å². The molecule has 1 saturated heterocycles. The van der Waals surface area contributed by atoms with E-state index in [9.17, 15) is 13.2 Å². The van der Waals surface area contributed by atoms with Crippen molar-refractivity contribution < 1.29 is 27.1 Å². The molecule has 0 spiro atoms. The molecule has 31 heavy (non-hydrogen) atoms. The molecule has 2 atom stereocenters. The third-order valence-electron chi connectivity index (χ3n) is 4.73. The smallest absolute Gasteiger partial charge is 0.338 e. The molecule has 8 nitrogen and oxygen atoms in total. The van der Waals surface area contributed by atoms with Gasteiger partial charge in [0.1, 0.15) is 18.6 Å². The quantitative estimate of drug-likeness (QED) is 0.517. The fourth-order valence-electron chi connectivity index (χ4n) is 3.37. The van der Waals surface area contributed by atoms with Gasteiger partial charge < -0.3 is 13.9 Å². The van der Waals surface area contributed by atoms with E-state index >= 15 is 0 Å². The number of ether oxygens (including phenoxy) is 2. The zero-order chi connectivity index (χ0) is 22.0. The third-order valence-corrected chi connectivity index (χ3v) is 7.41. The fourth-order valence-corrected chi connectivity index (χ4v) is 5.66. The average molecular weight is 463 g/mol. The van der Waals surface area contributed by atoms with E-state index in [1.165, 1.54) is 46.2 Å². The second kappa shape index (κ2) is 8.91. The topological polar surface area (TPSA) is 98.9 Å². The molecule has 1 fully saturated rings. The first-order valence-corrected chi connectivity index (χ1v) is 12.1. The lowest BCUT2D eigenvalue weighted by molar-refractivity contribution is -0.0440. The zero-order valence-electron chi connectivity index (χ0n) is 17.1. The van der Waals surface area contributed by atoms with Crippen LogP contribution in [0.15, 0.2) is 57.4 Å². The van der Waals surface area contributed by atoms with Gasteiger partial charge in [-0.1, -0.05) is 12.1 Å². The van der Waals surface area contributed by atoms with Crippen molar-refractivity contribution >= 4 is 27.3 Å². The molecule has 10 heteroatoms. The predicted molar refractivity (Wildman–Crippen MR) is 114 cm³/mol. The molecule has 1 aliphatic heterocycles. The van der Waals surface area contributed by atoms with Crippen molar-refractivity contribution in [3.05, 3.63) is 59.3 Å². The Morgan fingerprint density at radius 3 is 2.71 bits per heavy atom. The summed E-state index contributed by atoms with van der Waals surface area (Å²) in [4.78, 5) is 17.7. The number of rotatable bonds is 6. The van der Waals surface area contributed by atoms with Crippen LogP contribution in [-0.2, 0) is 26.1 Å². The molecule has 2 aromatic heterocycles. The number of thiophene rings is 1. The minimum atomic E-state index is -3.75. The second-order valence-electron chi connectivity index (χ2n) is 7.30. The van der Waals surface area contributed by atoms with Crippen molar-refractivity contribution in [1.82, 2.24) is 9.29 Å². The number of oxazole rings is 1. The summed E-state index contributed by atoms with van der Waals surface area (Å²) in [7, 11) is -3.75. The van der Waals surface area contributed by atoms with Crippen LogP contribution in [0.2, 0.25) is 0 Å². The summed E-state index contributed by atoms with van der Waals surface area (Å²) in [6.45, 7) is 4.11. The molecule has 0 radical (unpaired) electrons. The minimum absolute atomic E-state index is 0.0460. The number of nitrogens with zero attached hydrogens (tertiary/aromatic N) is 2. The van der Waals surface area contributed by atoms with Crippen molar-refractivity contribution in [3.63, 3.8) is 0 Å². The summed E-state index contributed by atoms with van der Waals surface area (Å²) < 4.78 is 43.8. The highest BCUT2D eigenvalue weighted by molar-refractivity contribution is 7.89. The van der Waals surface area contributed by atoms with E-state index in [1.807, 2.05) is 31.4 Å². The number of morpholine rings is 1. The highest BCUT2D eigenvalue weighted by atomic mass is 32.2. The van der Waals surface area contributed by atoms with E-state index in [4.69, 9.17) is 13.9 Å². The van der Waals surface area contributed by atoms with Gasteiger partial charge in [-0.2, -0.15) is 4.31 Å². The maximum absolute atomic E-state index is 13.0. The van der Waals surface area contributed by atoms with Crippen LogP contribution in [0.1, 0.15) is 29.9 Å². The maximum Gasteiger partial charge on any atom is 0.338 e. The molecule has 3 heterocycles. The van der Waals surface area contributed by atoms with Gasteiger partial charge >= 0.3 is 5.97 Å². The number of carbonyl (C=O) groups excluding carboxylic acids is 1. The van der Waals surface area contributed by atoms with Gasteiger partial charge in [-0.25, -0.2) is 18.2 Å². The standard InChI is InChI=1S/C21H22N2O6S2/c1-14-10-23(11-15(2)29-14)31(25,26)18-6-3-5-16(9-18)21(24)28-13-17-12-27-20(22-17)19-7-4-8-30-19/h3-9,12,14-15H,10-11,13H2,1-2H3/t14-,15-/m1/s1. The lowest BCUT2D eigenvalue weighted by atomic mass is 10.2. The first kappa shape index (κ1) is 21.7. The molecule has 0 unspecified atom stereocenters. The molecule has 0 saturated carbocycles. The first-order valence-electron chi connectivity index (χ1n) is 9.74. The van der Waals surface area contributed by atoms with E-state index in [2.05, 4.69) is 4.98 Å². The van der Waals surface area contributed by atoms with Crippen molar-refractivity contribution in [3.8, 4) is 10.8 Å². The van der Waals surface area contributed by atoms with Gasteiger partial charge in [0.15, 0.2) is 0 Å². The summed E-state index contributed by atoms with van der Waals surface area (Å²) in [6.07, 6.45) is 1.03. The van der Waals surface area contributed by atoms with Crippen LogP contribution in [0.25, 0.3) is 10.8 Å². The molecular formula is C21H22N2O6S2. The average Bonchev–Trinajstić information content (AvgIpc) is 3.43. The van der Waals surface area contributed by atoms with Crippen LogP contribution < -0.4 is 0 Å². The summed E-state index contributed by atoms with van der Waals surface area (Å²) in [5.41, 5.74) is 0.620. The lowest BCUT2D eigenvalue weighted by Gasteiger charge is -2.34. The Kier molecular flexibility index (Phi) is 6.24. The summed E-state index contributed by atoms with van der Waals surface area (Å²) >= 11 is 1.49. The first-order chi connectivity index (χ1) is 14.8. The monoisotopic (exact) mass is 462 g/mol. The van der Waals surface area contributed by atoms with Crippen LogP contribution in [0, 0.1) is 0 Å². The van der Waals surface area contributed by atoms with Gasteiger partial charge in [0.05, 0.1) is 27.5 Å². The molecule has 0 bridgehead atoms. The maximum atomic E-state index is 13.0. The molecule has 1 aliphatic rings. The molecule has 0 aliphatic carbocycles. The molecule has 164 valence electrons. The van der Waals surface area contributed by atoms with E-state index in [1.54, 1.807) is 0 Å². The molecule has 0 N–H and O–H groups in total. The number of hydrogen-bond donors (Lipinski definition) is 0. The second-order valence-corrected chi connectivity index (χ2v) is 10.2. The molecule has 3 aromatic rings. The van der Waals surface area contributed by atoms with E-state index < -0.39 is 16.0 Å². The van der Waals surface area contributed by atoms with E-state index in [0.717, 1.165) is 4.88 Å². The molecular weight excluding hydrogens is 440 g/mol. The van der Waals surface area contributed by atoms with Crippen molar-refractivity contribution in [2.45, 2.75) is 37.6 Å². The highest BCUT2D eigenvalue weighted by Crippen LogP contribution is 2.25. The van der Waals surface area contributed by atoms with Crippen molar-refractivity contribution in [2.75, 3.05) is 13.1 Å². The molecule has 1 aromatic carbocycles. The molecule has 4 rings (SSSR count). The normalized spacial score (nSPS) is 19.9. The predicted octanol–water partition coefficient (Wildman–Crippen LogP) is 3.56. The van der Waals surface area contributed by atoms with Gasteiger partial charge in [-0.15, -0.1) is 11.3 Å². The number of sulfonamides is 1. The minimum Gasteiger partial charge on any atom is -0.455 e. The van der Waals surface area contributed by atoms with E-state index in [-0.39, 0.29) is 42.4 Å². The third kappa shape index (κ3) is 4.87. The van der Waals surface area contributed by atoms with E-state index in [0.29, 0.717) is 11.6 Å². The highest BCUT2D eigenvalue weighted by Gasteiger charge is 2.32. The Morgan fingerprint density at radius 1 is 1.23 bits per heavy atom. The summed E-state index contributed by atoms with van der Waals surface area (Å²) in [6, 6.07) is 9.63. The number of aromatic nitrogens is 1. The Hall–Kier alpha value is -2.53. The largest absolute Gasteiger partial charge is 0.455 e. The van der Waals surface area contributed by atoms with Crippen LogP contribution in [0.5, 0.6) is 0 Å².